The lowest BCUT2D eigenvalue weighted by atomic mass is 10.1. The number of rotatable bonds is 8. The minimum Gasteiger partial charge on any atom is -0.497 e. The number of fused-ring (bicyclic) bond motifs is 1. The zero-order valence-corrected chi connectivity index (χ0v) is 17.7. The van der Waals surface area contributed by atoms with Crippen LogP contribution in [0, 0.1) is 5.92 Å². The monoisotopic (exact) mass is 391 g/mol. The third-order valence-electron chi connectivity index (χ3n) is 4.32. The SMILES string of the molecule is COc1ccc2cc(CN(CC[NH+](C)C)C(=S)NCC(C)C)c(=O)[nH]c2c1. The lowest BCUT2D eigenvalue weighted by Gasteiger charge is -2.26. The van der Waals surface area contributed by atoms with Crippen LogP contribution < -0.4 is 20.5 Å². The molecule has 0 saturated heterocycles. The fraction of sp³-hybridized carbons (Fsp3) is 0.500. The standard InChI is InChI=1S/C20H30N4O2S/c1-14(2)12-21-20(27)24(9-8-23(3)4)13-16-10-15-6-7-17(26-5)11-18(15)22-19(16)25/h6-7,10-11,14H,8-9,12-13H2,1-5H3,(H,21,27)(H,22,25)/p+1. The highest BCUT2D eigenvalue weighted by molar-refractivity contribution is 7.80. The molecule has 1 aromatic heterocycles. The first-order chi connectivity index (χ1) is 12.8. The summed E-state index contributed by atoms with van der Waals surface area (Å²) >= 11 is 5.59. The minimum atomic E-state index is -0.0930. The van der Waals surface area contributed by atoms with Crippen molar-refractivity contribution in [3.8, 4) is 5.75 Å². The van der Waals surface area contributed by atoms with Gasteiger partial charge in [-0.3, -0.25) is 4.79 Å². The van der Waals surface area contributed by atoms with Gasteiger partial charge >= 0.3 is 0 Å². The summed E-state index contributed by atoms with van der Waals surface area (Å²) in [5, 5.41) is 4.99. The highest BCUT2D eigenvalue weighted by Crippen LogP contribution is 2.18. The van der Waals surface area contributed by atoms with Crippen molar-refractivity contribution < 1.29 is 9.64 Å². The summed E-state index contributed by atoms with van der Waals surface area (Å²) in [5.41, 5.74) is 1.38. The number of aromatic amines is 1. The van der Waals surface area contributed by atoms with Gasteiger partial charge in [-0.1, -0.05) is 13.8 Å². The van der Waals surface area contributed by atoms with E-state index in [1.54, 1.807) is 7.11 Å². The smallest absolute Gasteiger partial charge is 0.253 e. The number of nitrogens with zero attached hydrogens (tertiary/aromatic N) is 1. The number of pyridine rings is 1. The molecular formula is C20H31N4O2S+. The summed E-state index contributed by atoms with van der Waals surface area (Å²) in [6, 6.07) is 7.63. The number of quaternary nitrogens is 1. The lowest BCUT2D eigenvalue weighted by molar-refractivity contribution is -0.857. The quantitative estimate of drug-likeness (QED) is 0.587. The van der Waals surface area contributed by atoms with Crippen molar-refractivity contribution in [2.75, 3.05) is 40.8 Å². The van der Waals surface area contributed by atoms with Crippen molar-refractivity contribution in [1.29, 1.82) is 0 Å². The Balaban J connectivity index is 2.25. The lowest BCUT2D eigenvalue weighted by Crippen LogP contribution is -3.06. The Morgan fingerprint density at radius 1 is 1.33 bits per heavy atom. The number of H-pyrrole nitrogens is 1. The van der Waals surface area contributed by atoms with Crippen LogP contribution in [0.3, 0.4) is 0 Å². The van der Waals surface area contributed by atoms with Gasteiger partial charge in [0.05, 0.1) is 46.4 Å². The van der Waals surface area contributed by atoms with Gasteiger partial charge in [0.15, 0.2) is 5.11 Å². The van der Waals surface area contributed by atoms with Gasteiger partial charge in [-0.05, 0) is 41.7 Å². The molecule has 0 amide bonds. The zero-order valence-electron chi connectivity index (χ0n) is 16.9. The topological polar surface area (TPSA) is 61.8 Å². The summed E-state index contributed by atoms with van der Waals surface area (Å²) in [4.78, 5) is 19.0. The van der Waals surface area contributed by atoms with Crippen LogP contribution in [0.4, 0.5) is 0 Å². The van der Waals surface area contributed by atoms with Gasteiger partial charge in [0.2, 0.25) is 0 Å². The van der Waals surface area contributed by atoms with E-state index in [-0.39, 0.29) is 5.56 Å². The molecule has 6 nitrogen and oxygen atoms in total. The van der Waals surface area contributed by atoms with E-state index >= 15 is 0 Å². The van der Waals surface area contributed by atoms with Crippen LogP contribution in [-0.4, -0.2) is 55.8 Å². The van der Waals surface area contributed by atoms with E-state index in [2.05, 4.69) is 43.1 Å². The molecule has 0 aliphatic heterocycles. The number of hydrogen-bond acceptors (Lipinski definition) is 3. The summed E-state index contributed by atoms with van der Waals surface area (Å²) in [6.45, 7) is 7.31. The third kappa shape index (κ3) is 6.22. The number of benzene rings is 1. The van der Waals surface area contributed by atoms with E-state index in [1.165, 1.54) is 4.90 Å². The number of thiocarbonyl (C=S) groups is 1. The van der Waals surface area contributed by atoms with Crippen LogP contribution in [-0.2, 0) is 6.54 Å². The van der Waals surface area contributed by atoms with Crippen molar-refractivity contribution in [3.05, 3.63) is 40.2 Å². The number of likely N-dealkylation sites (N-methyl/N-ethyl adjacent to an activating group) is 1. The predicted molar refractivity (Wildman–Crippen MR) is 115 cm³/mol. The van der Waals surface area contributed by atoms with E-state index in [1.807, 2.05) is 24.3 Å². The van der Waals surface area contributed by atoms with E-state index in [0.717, 1.165) is 36.3 Å². The highest BCUT2D eigenvalue weighted by atomic mass is 32.1. The number of methoxy groups -OCH3 is 1. The Labute approximate surface area is 166 Å². The van der Waals surface area contributed by atoms with Crippen molar-refractivity contribution in [3.63, 3.8) is 0 Å². The maximum Gasteiger partial charge on any atom is 0.253 e. The zero-order chi connectivity index (χ0) is 20.0. The van der Waals surface area contributed by atoms with Gasteiger partial charge in [-0.25, -0.2) is 0 Å². The Morgan fingerprint density at radius 2 is 2.07 bits per heavy atom. The molecule has 0 radical (unpaired) electrons. The van der Waals surface area contributed by atoms with Gasteiger partial charge in [0.25, 0.3) is 5.56 Å². The molecule has 7 heteroatoms. The highest BCUT2D eigenvalue weighted by Gasteiger charge is 2.15. The molecule has 27 heavy (non-hydrogen) atoms. The fourth-order valence-electron chi connectivity index (χ4n) is 2.69. The van der Waals surface area contributed by atoms with Gasteiger partial charge in [-0.15, -0.1) is 0 Å². The Hall–Kier alpha value is -2.12. The Morgan fingerprint density at radius 3 is 2.70 bits per heavy atom. The molecule has 2 aromatic rings. The molecule has 0 aliphatic rings. The Bertz CT molecular complexity index is 832. The average Bonchev–Trinajstić information content (AvgIpc) is 2.62. The summed E-state index contributed by atoms with van der Waals surface area (Å²) in [5.74, 6) is 1.23. The van der Waals surface area contributed by atoms with Crippen LogP contribution in [0.5, 0.6) is 5.75 Å². The molecule has 3 N–H and O–H groups in total. The van der Waals surface area contributed by atoms with Crippen LogP contribution in [0.1, 0.15) is 19.4 Å². The number of hydrogen-bond donors (Lipinski definition) is 3. The normalized spacial score (nSPS) is 11.2. The first kappa shape index (κ1) is 21.2. The first-order valence-electron chi connectivity index (χ1n) is 9.32. The van der Waals surface area contributed by atoms with Crippen LogP contribution >= 0.6 is 12.2 Å². The molecule has 0 fully saturated rings. The largest absolute Gasteiger partial charge is 0.497 e. The molecule has 0 aliphatic carbocycles. The molecule has 2 rings (SSSR count). The van der Waals surface area contributed by atoms with E-state index < -0.39 is 0 Å². The minimum absolute atomic E-state index is 0.0930. The molecule has 1 heterocycles. The van der Waals surface area contributed by atoms with Gasteiger partial charge in [0, 0.05) is 18.2 Å². The van der Waals surface area contributed by atoms with Gasteiger partial charge < -0.3 is 24.8 Å². The second kappa shape index (κ2) is 9.71. The van der Waals surface area contributed by atoms with Crippen LogP contribution in [0.15, 0.2) is 29.1 Å². The van der Waals surface area contributed by atoms with Gasteiger partial charge in [0.1, 0.15) is 5.75 Å². The van der Waals surface area contributed by atoms with Crippen LogP contribution in [0.25, 0.3) is 10.9 Å². The summed E-state index contributed by atoms with van der Waals surface area (Å²) in [7, 11) is 5.83. The third-order valence-corrected chi connectivity index (χ3v) is 4.72. The van der Waals surface area contributed by atoms with E-state index in [9.17, 15) is 4.79 Å². The predicted octanol–water partition coefficient (Wildman–Crippen LogP) is 1.01. The number of nitrogens with one attached hydrogen (secondary N) is 3. The summed E-state index contributed by atoms with van der Waals surface area (Å²) < 4.78 is 5.23. The van der Waals surface area contributed by atoms with Crippen molar-refractivity contribution >= 4 is 28.2 Å². The molecule has 1 aromatic carbocycles. The molecule has 0 bridgehead atoms. The molecule has 0 atom stereocenters. The number of ether oxygens (including phenoxy) is 1. The molecule has 148 valence electrons. The van der Waals surface area contributed by atoms with E-state index in [4.69, 9.17) is 17.0 Å². The van der Waals surface area contributed by atoms with Crippen molar-refractivity contribution in [1.82, 2.24) is 15.2 Å². The maximum atomic E-state index is 12.6. The van der Waals surface area contributed by atoms with Gasteiger partial charge in [-0.2, -0.15) is 0 Å². The van der Waals surface area contributed by atoms with Crippen LogP contribution in [0.2, 0.25) is 0 Å². The average molecular weight is 392 g/mol. The number of aromatic nitrogens is 1. The van der Waals surface area contributed by atoms with Crippen molar-refractivity contribution in [2.45, 2.75) is 20.4 Å². The molecule has 0 saturated carbocycles. The first-order valence-corrected chi connectivity index (χ1v) is 9.72. The summed E-state index contributed by atoms with van der Waals surface area (Å²) in [6.07, 6.45) is 0. The Kier molecular flexibility index (Phi) is 7.62. The second-order valence-electron chi connectivity index (χ2n) is 7.54. The van der Waals surface area contributed by atoms with E-state index in [0.29, 0.717) is 23.1 Å². The second-order valence-corrected chi connectivity index (χ2v) is 7.92. The fourth-order valence-corrected chi connectivity index (χ4v) is 2.93. The molecule has 0 spiro atoms. The van der Waals surface area contributed by atoms with Crippen molar-refractivity contribution in [2.24, 2.45) is 5.92 Å². The maximum absolute atomic E-state index is 12.6. The molecule has 0 unspecified atom stereocenters. The molecular weight excluding hydrogens is 360 g/mol.